The molecule has 1 amide bonds. The van der Waals surface area contributed by atoms with Crippen LogP contribution in [0.1, 0.15) is 31.4 Å². The van der Waals surface area contributed by atoms with Crippen molar-refractivity contribution in [2.24, 2.45) is 0 Å². The first-order valence-electron chi connectivity index (χ1n) is 7.22. The van der Waals surface area contributed by atoms with Gasteiger partial charge in [-0.3, -0.25) is 14.9 Å². The van der Waals surface area contributed by atoms with E-state index in [1.165, 1.54) is 19.2 Å². The molecule has 1 aromatic rings. The Balaban J connectivity index is 2.43. The summed E-state index contributed by atoms with van der Waals surface area (Å²) in [6.07, 6.45) is -4.29. The second kappa shape index (κ2) is 5.95. The molecule has 6 nitrogen and oxygen atoms in total. The summed E-state index contributed by atoms with van der Waals surface area (Å²) in [6, 6.07) is 2.07. The van der Waals surface area contributed by atoms with Crippen LogP contribution < -0.4 is 10.1 Å². The fourth-order valence-electron chi connectivity index (χ4n) is 3.06. The maximum atomic E-state index is 12.5. The van der Waals surface area contributed by atoms with E-state index in [1.807, 2.05) is 5.32 Å². The molecule has 0 heterocycles. The molecule has 1 unspecified atom stereocenters. The molecule has 1 aliphatic carbocycles. The molecule has 0 spiro atoms. The van der Waals surface area contributed by atoms with Gasteiger partial charge in [-0.05, 0) is 30.0 Å². The highest BCUT2D eigenvalue weighted by molar-refractivity contribution is 5.82. The first kappa shape index (κ1) is 18.0. The average Bonchev–Trinajstić information content (AvgIpc) is 2.47. The van der Waals surface area contributed by atoms with Crippen molar-refractivity contribution in [1.29, 1.82) is 0 Å². The number of carbonyl (C=O) groups is 1. The number of nitrogens with one attached hydrogen (secondary N) is 1. The van der Waals surface area contributed by atoms with Gasteiger partial charge in [-0.2, -0.15) is 13.2 Å². The van der Waals surface area contributed by atoms with Crippen LogP contribution in [0.25, 0.3) is 0 Å². The summed E-state index contributed by atoms with van der Waals surface area (Å²) in [5, 5.41) is 13.2. The zero-order valence-electron chi connectivity index (χ0n) is 13.4. The number of fused-ring (bicyclic) bond motifs is 1. The summed E-state index contributed by atoms with van der Waals surface area (Å²) in [5.74, 6) is -1.90. The van der Waals surface area contributed by atoms with Crippen LogP contribution in [0.2, 0.25) is 0 Å². The van der Waals surface area contributed by atoms with E-state index in [9.17, 15) is 28.1 Å². The first-order chi connectivity index (χ1) is 11.0. The maximum absolute atomic E-state index is 12.5. The fraction of sp³-hybridized carbons (Fsp3) is 0.533. The van der Waals surface area contributed by atoms with Crippen molar-refractivity contribution in [3.05, 3.63) is 33.4 Å². The molecular weight excluding hydrogens is 329 g/mol. The summed E-state index contributed by atoms with van der Waals surface area (Å²) in [4.78, 5) is 21.8. The van der Waals surface area contributed by atoms with Gasteiger partial charge in [0.15, 0.2) is 5.75 Å². The van der Waals surface area contributed by atoms with Crippen molar-refractivity contribution < 1.29 is 27.6 Å². The largest absolute Gasteiger partial charge is 0.490 e. The number of benzene rings is 1. The third-order valence-corrected chi connectivity index (χ3v) is 4.43. The van der Waals surface area contributed by atoms with Crippen LogP contribution in [0.3, 0.4) is 0 Å². The van der Waals surface area contributed by atoms with Crippen LogP contribution in [0, 0.1) is 10.1 Å². The number of ether oxygens (including phenoxy) is 1. The Hall–Kier alpha value is -2.32. The highest BCUT2D eigenvalue weighted by Gasteiger charge is 2.45. The predicted octanol–water partition coefficient (Wildman–Crippen LogP) is 2.87. The number of methoxy groups -OCH3 is 1. The number of nitrogens with zero attached hydrogens (tertiary/aromatic N) is 1. The first-order valence-corrected chi connectivity index (χ1v) is 7.22. The SMILES string of the molecule is COc1cc2c(cc1[N+](=O)[O-])C(C)(C)C(NC(=O)C(F)(F)F)CC2. The Kier molecular flexibility index (Phi) is 4.47. The molecular formula is C15H17F3N2O4. The molecule has 1 atom stereocenters. The molecule has 0 radical (unpaired) electrons. The van der Waals surface area contributed by atoms with Gasteiger partial charge in [0.1, 0.15) is 0 Å². The molecule has 0 aliphatic heterocycles. The normalized spacial score (nSPS) is 19.3. The second-order valence-corrected chi connectivity index (χ2v) is 6.22. The van der Waals surface area contributed by atoms with Gasteiger partial charge < -0.3 is 10.1 Å². The van der Waals surface area contributed by atoms with Gasteiger partial charge in [-0.25, -0.2) is 0 Å². The van der Waals surface area contributed by atoms with Gasteiger partial charge >= 0.3 is 17.8 Å². The number of amides is 1. The van der Waals surface area contributed by atoms with Crippen molar-refractivity contribution in [3.63, 3.8) is 0 Å². The van der Waals surface area contributed by atoms with E-state index in [0.717, 1.165) is 5.56 Å². The quantitative estimate of drug-likeness (QED) is 0.674. The van der Waals surface area contributed by atoms with Crippen LogP contribution in [0.15, 0.2) is 12.1 Å². The van der Waals surface area contributed by atoms with E-state index in [4.69, 9.17) is 4.74 Å². The Morgan fingerprint density at radius 2 is 2.04 bits per heavy atom. The number of rotatable bonds is 3. The summed E-state index contributed by atoms with van der Waals surface area (Å²) in [5.41, 5.74) is 0.145. The minimum Gasteiger partial charge on any atom is -0.490 e. The topological polar surface area (TPSA) is 81.5 Å². The molecule has 1 aliphatic rings. The van der Waals surface area contributed by atoms with Gasteiger partial charge in [0.25, 0.3) is 0 Å². The minimum absolute atomic E-state index is 0.104. The Labute approximate surface area is 136 Å². The van der Waals surface area contributed by atoms with Gasteiger partial charge in [0.05, 0.1) is 12.0 Å². The van der Waals surface area contributed by atoms with Crippen molar-refractivity contribution in [2.45, 2.75) is 44.3 Å². The number of hydrogen-bond acceptors (Lipinski definition) is 4. The number of nitro benzene ring substituents is 1. The molecule has 132 valence electrons. The lowest BCUT2D eigenvalue weighted by atomic mass is 9.69. The number of halogens is 3. The highest BCUT2D eigenvalue weighted by Crippen LogP contribution is 2.42. The van der Waals surface area contributed by atoms with E-state index in [2.05, 4.69) is 0 Å². The molecule has 0 bridgehead atoms. The molecule has 24 heavy (non-hydrogen) atoms. The third-order valence-electron chi connectivity index (χ3n) is 4.43. The van der Waals surface area contributed by atoms with Gasteiger partial charge in [0, 0.05) is 17.5 Å². The minimum atomic E-state index is -4.97. The van der Waals surface area contributed by atoms with E-state index in [1.54, 1.807) is 13.8 Å². The van der Waals surface area contributed by atoms with Gasteiger partial charge in [0.2, 0.25) is 0 Å². The Morgan fingerprint density at radius 3 is 2.54 bits per heavy atom. The maximum Gasteiger partial charge on any atom is 0.471 e. The zero-order valence-corrected chi connectivity index (χ0v) is 13.4. The van der Waals surface area contributed by atoms with E-state index >= 15 is 0 Å². The molecule has 1 N–H and O–H groups in total. The molecule has 0 fully saturated rings. The highest BCUT2D eigenvalue weighted by atomic mass is 19.4. The Bertz CT molecular complexity index is 686. The van der Waals surface area contributed by atoms with E-state index < -0.39 is 28.5 Å². The summed E-state index contributed by atoms with van der Waals surface area (Å²) in [7, 11) is 1.31. The van der Waals surface area contributed by atoms with Crippen LogP contribution in [0.5, 0.6) is 5.75 Å². The van der Waals surface area contributed by atoms with Gasteiger partial charge in [-0.15, -0.1) is 0 Å². The van der Waals surface area contributed by atoms with Crippen molar-refractivity contribution >= 4 is 11.6 Å². The molecule has 9 heteroatoms. The van der Waals surface area contributed by atoms with Crippen molar-refractivity contribution in [3.8, 4) is 5.75 Å². The monoisotopic (exact) mass is 346 g/mol. The molecule has 2 rings (SSSR count). The van der Waals surface area contributed by atoms with Crippen molar-refractivity contribution in [1.82, 2.24) is 5.32 Å². The van der Waals surface area contributed by atoms with E-state index in [-0.39, 0.29) is 11.4 Å². The summed E-state index contributed by atoms with van der Waals surface area (Å²) < 4.78 is 42.5. The number of carbonyl (C=O) groups excluding carboxylic acids is 1. The molecule has 1 aromatic carbocycles. The lowest BCUT2D eigenvalue weighted by molar-refractivity contribution is -0.385. The Morgan fingerprint density at radius 1 is 1.42 bits per heavy atom. The number of aryl methyl sites for hydroxylation is 1. The third kappa shape index (κ3) is 3.15. The lowest BCUT2D eigenvalue weighted by Gasteiger charge is -2.40. The van der Waals surface area contributed by atoms with Crippen LogP contribution in [-0.2, 0) is 16.6 Å². The standard InChI is InChI=1S/C15H17F3N2O4/c1-14(2)9-7-10(20(22)23)11(24-3)6-8(9)4-5-12(14)19-13(21)15(16,17)18/h6-7,12H,4-5H2,1-3H3,(H,19,21). The zero-order chi connectivity index (χ0) is 18.3. The van der Waals surface area contributed by atoms with Crippen LogP contribution in [0.4, 0.5) is 18.9 Å². The number of hydrogen-bond donors (Lipinski definition) is 1. The lowest BCUT2D eigenvalue weighted by Crippen LogP contribution is -2.53. The van der Waals surface area contributed by atoms with E-state index in [0.29, 0.717) is 18.4 Å². The summed E-state index contributed by atoms with van der Waals surface area (Å²) >= 11 is 0. The molecule has 0 saturated carbocycles. The van der Waals surface area contributed by atoms with Gasteiger partial charge in [-0.1, -0.05) is 13.8 Å². The van der Waals surface area contributed by atoms with Crippen LogP contribution >= 0.6 is 0 Å². The average molecular weight is 346 g/mol. The second-order valence-electron chi connectivity index (χ2n) is 6.22. The fourth-order valence-corrected chi connectivity index (χ4v) is 3.06. The summed E-state index contributed by atoms with van der Waals surface area (Å²) in [6.45, 7) is 3.31. The smallest absolute Gasteiger partial charge is 0.471 e. The number of alkyl halides is 3. The predicted molar refractivity (Wildman–Crippen MR) is 79.0 cm³/mol. The number of nitro groups is 1. The van der Waals surface area contributed by atoms with Crippen LogP contribution in [-0.4, -0.2) is 30.2 Å². The van der Waals surface area contributed by atoms with Crippen molar-refractivity contribution in [2.75, 3.05) is 7.11 Å². The molecule has 0 aromatic heterocycles. The molecule has 0 saturated heterocycles.